The van der Waals surface area contributed by atoms with Gasteiger partial charge in [0.25, 0.3) is 5.69 Å². The van der Waals surface area contributed by atoms with Gasteiger partial charge in [-0.15, -0.1) is 0 Å². The first-order valence-electron chi connectivity index (χ1n) is 6.19. The summed E-state index contributed by atoms with van der Waals surface area (Å²) in [7, 11) is 0. The van der Waals surface area contributed by atoms with Crippen LogP contribution in [0, 0.1) is 30.9 Å². The number of hydrogen-bond donors (Lipinski definition) is 0. The highest BCUT2D eigenvalue weighted by atomic mass is 35.5. The number of benzene rings is 1. The number of aryl methyl sites for hydroxylation is 1. The highest BCUT2D eigenvalue weighted by Gasteiger charge is 2.13. The van der Waals surface area contributed by atoms with Gasteiger partial charge in [-0.2, -0.15) is 5.10 Å². The summed E-state index contributed by atoms with van der Waals surface area (Å²) in [6.45, 7) is 8.31. The molecule has 2 rings (SSSR count). The van der Waals surface area contributed by atoms with Crippen LogP contribution in [0.2, 0.25) is 5.02 Å². The molecule has 0 aliphatic carbocycles. The molecule has 0 unspecified atom stereocenters. The topological polar surface area (TPSA) is 61.0 Å². The number of halogens is 1. The van der Waals surface area contributed by atoms with Crippen LogP contribution in [0.3, 0.4) is 0 Å². The predicted molar refractivity (Wildman–Crippen MR) is 78.0 cm³/mol. The average molecular weight is 293 g/mol. The molecule has 0 amide bonds. The molecule has 1 radical (unpaired) electrons. The van der Waals surface area contributed by atoms with Crippen molar-refractivity contribution in [3.8, 4) is 0 Å². The molecule has 0 atom stereocenters. The van der Waals surface area contributed by atoms with Crippen LogP contribution < -0.4 is 0 Å². The molecule has 0 aliphatic heterocycles. The lowest BCUT2D eigenvalue weighted by Gasteiger charge is -2.07. The fourth-order valence-corrected chi connectivity index (χ4v) is 2.42. The Kier molecular flexibility index (Phi) is 4.09. The van der Waals surface area contributed by atoms with Crippen molar-refractivity contribution in [2.75, 3.05) is 0 Å². The minimum absolute atomic E-state index is 0.00874. The van der Waals surface area contributed by atoms with E-state index in [9.17, 15) is 10.1 Å². The van der Waals surface area contributed by atoms with E-state index in [1.807, 2.05) is 18.5 Å². The molecule has 0 aliphatic rings. The lowest BCUT2D eigenvalue weighted by molar-refractivity contribution is -0.384. The second-order valence-corrected chi connectivity index (χ2v) is 5.00. The maximum atomic E-state index is 10.7. The second kappa shape index (κ2) is 5.63. The normalized spacial score (nSPS) is 10.8. The molecule has 1 aromatic carbocycles. The fraction of sp³-hybridized carbons (Fsp3) is 0.286. The van der Waals surface area contributed by atoms with Gasteiger partial charge in [0.15, 0.2) is 0 Å². The van der Waals surface area contributed by atoms with Gasteiger partial charge in [0.05, 0.1) is 22.2 Å². The van der Waals surface area contributed by atoms with Crippen LogP contribution in [0.5, 0.6) is 0 Å². The smallest absolute Gasteiger partial charge is 0.265 e. The zero-order valence-electron chi connectivity index (χ0n) is 11.4. The van der Waals surface area contributed by atoms with Crippen molar-refractivity contribution >= 4 is 17.3 Å². The van der Waals surface area contributed by atoms with Gasteiger partial charge in [0, 0.05) is 17.8 Å². The summed E-state index contributed by atoms with van der Waals surface area (Å²) < 4.78 is 1.85. The van der Waals surface area contributed by atoms with Gasteiger partial charge >= 0.3 is 0 Å². The molecule has 0 saturated carbocycles. The Morgan fingerprint density at radius 3 is 2.65 bits per heavy atom. The maximum Gasteiger partial charge on any atom is 0.270 e. The van der Waals surface area contributed by atoms with Crippen LogP contribution >= 0.6 is 11.6 Å². The van der Waals surface area contributed by atoms with Crippen molar-refractivity contribution in [3.05, 3.63) is 62.8 Å². The number of hydrogen-bond acceptors (Lipinski definition) is 3. The molecule has 105 valence electrons. The Morgan fingerprint density at radius 2 is 2.15 bits per heavy atom. The number of aromatic nitrogens is 2. The van der Waals surface area contributed by atoms with Crippen molar-refractivity contribution in [2.45, 2.75) is 26.8 Å². The van der Waals surface area contributed by atoms with Crippen molar-refractivity contribution in [2.24, 2.45) is 0 Å². The molecule has 20 heavy (non-hydrogen) atoms. The van der Waals surface area contributed by atoms with E-state index in [1.54, 1.807) is 6.07 Å². The van der Waals surface area contributed by atoms with E-state index in [1.165, 1.54) is 12.1 Å². The maximum absolute atomic E-state index is 10.7. The summed E-state index contributed by atoms with van der Waals surface area (Å²) in [6.07, 6.45) is 0.686. The molecule has 0 N–H and O–H groups in total. The van der Waals surface area contributed by atoms with Gasteiger partial charge in [-0.1, -0.05) is 11.6 Å². The van der Waals surface area contributed by atoms with E-state index in [0.717, 1.165) is 22.5 Å². The van der Waals surface area contributed by atoms with E-state index < -0.39 is 4.92 Å². The third kappa shape index (κ3) is 2.67. The predicted octanol–water partition coefficient (Wildman–Crippen LogP) is 3.49. The van der Waals surface area contributed by atoms with Crippen LogP contribution in [-0.2, 0) is 13.0 Å². The van der Waals surface area contributed by atoms with Gasteiger partial charge in [0.2, 0.25) is 0 Å². The Morgan fingerprint density at radius 1 is 1.45 bits per heavy atom. The number of nitrogens with zero attached hydrogens (tertiary/aromatic N) is 3. The molecule has 5 nitrogen and oxygen atoms in total. The van der Waals surface area contributed by atoms with Crippen LogP contribution in [-0.4, -0.2) is 14.7 Å². The van der Waals surface area contributed by atoms with Gasteiger partial charge in [-0.3, -0.25) is 14.8 Å². The van der Waals surface area contributed by atoms with Gasteiger partial charge in [-0.25, -0.2) is 0 Å². The summed E-state index contributed by atoms with van der Waals surface area (Å²) >= 11 is 6.10. The van der Waals surface area contributed by atoms with E-state index in [2.05, 4.69) is 12.0 Å². The summed E-state index contributed by atoms with van der Waals surface area (Å²) in [6, 6.07) is 4.49. The van der Waals surface area contributed by atoms with Crippen molar-refractivity contribution in [1.82, 2.24) is 9.78 Å². The van der Waals surface area contributed by atoms with E-state index in [0.29, 0.717) is 18.0 Å². The highest BCUT2D eigenvalue weighted by molar-refractivity contribution is 6.31. The molecule has 0 fully saturated rings. The molecule has 0 spiro atoms. The standard InChI is InChI=1S/C14H15ClN3O2/c1-4-13-9(2)16-17(10(13)3)8-11-5-6-12(18(19)20)7-14(11)15/h5-7H,1,4,8H2,2-3H3. The molecule has 0 saturated heterocycles. The van der Waals surface area contributed by atoms with E-state index in [-0.39, 0.29) is 5.69 Å². The monoisotopic (exact) mass is 292 g/mol. The van der Waals surface area contributed by atoms with Crippen LogP contribution in [0.1, 0.15) is 22.5 Å². The quantitative estimate of drug-likeness (QED) is 0.640. The summed E-state index contributed by atoms with van der Waals surface area (Å²) in [4.78, 5) is 10.2. The lowest BCUT2D eigenvalue weighted by atomic mass is 10.1. The second-order valence-electron chi connectivity index (χ2n) is 4.59. The molecule has 2 aromatic rings. The Labute approximate surface area is 122 Å². The largest absolute Gasteiger partial charge is 0.270 e. The first-order chi connectivity index (χ1) is 9.43. The van der Waals surface area contributed by atoms with E-state index in [4.69, 9.17) is 11.6 Å². The minimum Gasteiger partial charge on any atom is -0.265 e. The number of nitro groups is 1. The number of rotatable bonds is 4. The Hall–Kier alpha value is -1.88. The van der Waals surface area contributed by atoms with Gasteiger partial charge in [0.1, 0.15) is 0 Å². The average Bonchev–Trinajstić information content (AvgIpc) is 2.66. The van der Waals surface area contributed by atoms with Crippen LogP contribution in [0.4, 0.5) is 5.69 Å². The molecule has 1 heterocycles. The van der Waals surface area contributed by atoms with Crippen molar-refractivity contribution in [3.63, 3.8) is 0 Å². The van der Waals surface area contributed by atoms with Crippen molar-refractivity contribution < 1.29 is 4.92 Å². The fourth-order valence-electron chi connectivity index (χ4n) is 2.19. The van der Waals surface area contributed by atoms with E-state index >= 15 is 0 Å². The molecule has 1 aromatic heterocycles. The minimum atomic E-state index is -0.459. The third-order valence-corrected chi connectivity index (χ3v) is 3.70. The van der Waals surface area contributed by atoms with Gasteiger partial charge in [-0.05, 0) is 44.4 Å². The van der Waals surface area contributed by atoms with Crippen LogP contribution in [0.25, 0.3) is 0 Å². The summed E-state index contributed by atoms with van der Waals surface area (Å²) in [5.41, 5.74) is 3.93. The molecule has 0 bridgehead atoms. The highest BCUT2D eigenvalue weighted by Crippen LogP contribution is 2.24. The first kappa shape index (κ1) is 14.5. The Bertz CT molecular complexity index is 665. The molecular formula is C14H15ClN3O2. The van der Waals surface area contributed by atoms with Crippen LogP contribution in [0.15, 0.2) is 18.2 Å². The first-order valence-corrected chi connectivity index (χ1v) is 6.56. The summed E-state index contributed by atoms with van der Waals surface area (Å²) in [5.74, 6) is 0. The zero-order chi connectivity index (χ0) is 14.9. The zero-order valence-corrected chi connectivity index (χ0v) is 12.1. The Balaban J connectivity index is 2.33. The van der Waals surface area contributed by atoms with Crippen molar-refractivity contribution in [1.29, 1.82) is 0 Å². The van der Waals surface area contributed by atoms with Gasteiger partial charge < -0.3 is 0 Å². The number of non-ortho nitro benzene ring substituents is 1. The molecular weight excluding hydrogens is 278 g/mol. The summed E-state index contributed by atoms with van der Waals surface area (Å²) in [5, 5.41) is 15.5. The molecule has 6 heteroatoms. The lowest BCUT2D eigenvalue weighted by Crippen LogP contribution is -2.05. The number of nitro benzene ring substituents is 1. The third-order valence-electron chi connectivity index (χ3n) is 3.35. The SMILES string of the molecule is [CH2]Cc1c(C)nn(Cc2ccc([N+](=O)[O-])cc2Cl)c1C.